The van der Waals surface area contributed by atoms with Crippen molar-refractivity contribution in [3.05, 3.63) is 23.5 Å². The molecule has 2 rings (SSSR count). The van der Waals surface area contributed by atoms with Crippen molar-refractivity contribution in [1.29, 1.82) is 0 Å². The van der Waals surface area contributed by atoms with Crippen LogP contribution in [0.1, 0.15) is 24.2 Å². The Balaban J connectivity index is 1.55. The Bertz CT molecular complexity index is 400. The van der Waals surface area contributed by atoms with E-state index in [0.717, 1.165) is 26.0 Å². The summed E-state index contributed by atoms with van der Waals surface area (Å²) in [6.07, 6.45) is 1.94. The number of ether oxygens (including phenoxy) is 2. The van der Waals surface area contributed by atoms with Crippen molar-refractivity contribution in [2.24, 2.45) is 7.05 Å². The van der Waals surface area contributed by atoms with Crippen molar-refractivity contribution in [3.8, 4) is 0 Å². The van der Waals surface area contributed by atoms with E-state index in [1.54, 1.807) is 0 Å². The largest absolute Gasteiger partial charge is 0.389 e. The van der Waals surface area contributed by atoms with E-state index in [1.807, 2.05) is 7.05 Å². The fraction of sp³-hybridized carbons (Fsp3) is 0.733. The standard InChI is InChI=1S/C15H26N2O3/c1-12-5-6-13(17(12)2)8-16-9-14(18)10-19-11-15-4-3-7-20-15/h5-6,14-16,18H,3-4,7-11H2,1-2H3/t14-,15+/m1/s1. The fourth-order valence-corrected chi connectivity index (χ4v) is 2.38. The number of nitrogens with zero attached hydrogens (tertiary/aromatic N) is 1. The molecule has 1 aliphatic rings. The first-order valence-corrected chi connectivity index (χ1v) is 7.36. The molecule has 1 aromatic rings. The van der Waals surface area contributed by atoms with Crippen LogP contribution in [0.3, 0.4) is 0 Å². The average molecular weight is 282 g/mol. The molecule has 1 aromatic heterocycles. The third-order valence-electron chi connectivity index (χ3n) is 3.80. The Labute approximate surface area is 120 Å². The van der Waals surface area contributed by atoms with E-state index >= 15 is 0 Å². The quantitative estimate of drug-likeness (QED) is 0.746. The fourth-order valence-electron chi connectivity index (χ4n) is 2.38. The molecule has 5 heteroatoms. The number of nitrogens with one attached hydrogen (secondary N) is 1. The Kier molecular flexibility index (Phi) is 6.04. The summed E-state index contributed by atoms with van der Waals surface area (Å²) in [7, 11) is 2.05. The molecule has 1 fully saturated rings. The number of aliphatic hydroxyl groups excluding tert-OH is 1. The minimum Gasteiger partial charge on any atom is -0.389 e. The first-order chi connectivity index (χ1) is 9.66. The van der Waals surface area contributed by atoms with Gasteiger partial charge in [-0.25, -0.2) is 0 Å². The first kappa shape index (κ1) is 15.5. The van der Waals surface area contributed by atoms with E-state index in [4.69, 9.17) is 9.47 Å². The molecular formula is C15H26N2O3. The van der Waals surface area contributed by atoms with Gasteiger partial charge in [-0.1, -0.05) is 0 Å². The van der Waals surface area contributed by atoms with Gasteiger partial charge in [0.15, 0.2) is 0 Å². The van der Waals surface area contributed by atoms with Gasteiger partial charge in [-0.3, -0.25) is 0 Å². The van der Waals surface area contributed by atoms with Crippen LogP contribution in [0.2, 0.25) is 0 Å². The third kappa shape index (κ3) is 4.59. The Morgan fingerprint density at radius 3 is 3.05 bits per heavy atom. The molecule has 1 saturated heterocycles. The second kappa shape index (κ2) is 7.78. The van der Waals surface area contributed by atoms with Crippen LogP contribution in [-0.2, 0) is 23.1 Å². The molecular weight excluding hydrogens is 256 g/mol. The highest BCUT2D eigenvalue weighted by molar-refractivity contribution is 5.14. The lowest BCUT2D eigenvalue weighted by Crippen LogP contribution is -2.31. The predicted octanol–water partition coefficient (Wildman–Crippen LogP) is 0.980. The monoisotopic (exact) mass is 282 g/mol. The van der Waals surface area contributed by atoms with E-state index in [-0.39, 0.29) is 6.10 Å². The van der Waals surface area contributed by atoms with Crippen LogP contribution in [0.15, 0.2) is 12.1 Å². The molecule has 0 amide bonds. The van der Waals surface area contributed by atoms with E-state index in [9.17, 15) is 5.11 Å². The van der Waals surface area contributed by atoms with Crippen LogP contribution in [0.4, 0.5) is 0 Å². The van der Waals surface area contributed by atoms with Crippen molar-refractivity contribution in [3.63, 3.8) is 0 Å². The van der Waals surface area contributed by atoms with Gasteiger partial charge in [0.2, 0.25) is 0 Å². The SMILES string of the molecule is Cc1ccc(CNC[C@@H](O)COC[C@@H]2CCCO2)n1C. The summed E-state index contributed by atoms with van der Waals surface area (Å²) in [5.74, 6) is 0. The summed E-state index contributed by atoms with van der Waals surface area (Å²) in [5, 5.41) is 13.1. The summed E-state index contributed by atoms with van der Waals surface area (Å²) in [5.41, 5.74) is 2.46. The first-order valence-electron chi connectivity index (χ1n) is 7.36. The lowest BCUT2D eigenvalue weighted by Gasteiger charge is -2.15. The summed E-state index contributed by atoms with van der Waals surface area (Å²) in [6.45, 7) is 5.17. The molecule has 0 aliphatic carbocycles. The molecule has 0 spiro atoms. The van der Waals surface area contributed by atoms with Gasteiger partial charge in [0.25, 0.3) is 0 Å². The van der Waals surface area contributed by atoms with Crippen LogP contribution in [0.5, 0.6) is 0 Å². The molecule has 20 heavy (non-hydrogen) atoms. The zero-order valence-electron chi connectivity index (χ0n) is 12.5. The maximum absolute atomic E-state index is 9.84. The molecule has 0 saturated carbocycles. The highest BCUT2D eigenvalue weighted by Crippen LogP contribution is 2.11. The summed E-state index contributed by atoms with van der Waals surface area (Å²) in [6, 6.07) is 4.20. The maximum atomic E-state index is 9.84. The third-order valence-corrected chi connectivity index (χ3v) is 3.80. The highest BCUT2D eigenvalue weighted by atomic mass is 16.5. The van der Waals surface area contributed by atoms with E-state index in [2.05, 4.69) is 28.9 Å². The number of rotatable bonds is 8. The van der Waals surface area contributed by atoms with Gasteiger partial charge < -0.3 is 24.5 Å². The summed E-state index contributed by atoms with van der Waals surface area (Å²) < 4.78 is 13.1. The minimum absolute atomic E-state index is 0.224. The highest BCUT2D eigenvalue weighted by Gasteiger charge is 2.16. The molecule has 0 aromatic carbocycles. The number of aromatic nitrogens is 1. The second-order valence-corrected chi connectivity index (χ2v) is 5.48. The zero-order valence-corrected chi connectivity index (χ0v) is 12.5. The maximum Gasteiger partial charge on any atom is 0.0897 e. The predicted molar refractivity (Wildman–Crippen MR) is 77.7 cm³/mol. The topological polar surface area (TPSA) is 55.6 Å². The Morgan fingerprint density at radius 1 is 1.55 bits per heavy atom. The van der Waals surface area contributed by atoms with Crippen LogP contribution < -0.4 is 5.32 Å². The lowest BCUT2D eigenvalue weighted by molar-refractivity contribution is -0.0165. The van der Waals surface area contributed by atoms with Crippen molar-refractivity contribution in [2.75, 3.05) is 26.4 Å². The summed E-state index contributed by atoms with van der Waals surface area (Å²) >= 11 is 0. The average Bonchev–Trinajstić information content (AvgIpc) is 3.04. The van der Waals surface area contributed by atoms with Crippen molar-refractivity contribution < 1.29 is 14.6 Å². The molecule has 5 nitrogen and oxygen atoms in total. The number of aliphatic hydroxyl groups is 1. The lowest BCUT2D eigenvalue weighted by atomic mass is 10.2. The van der Waals surface area contributed by atoms with Gasteiger partial charge in [-0.15, -0.1) is 0 Å². The van der Waals surface area contributed by atoms with Crippen LogP contribution in [0.25, 0.3) is 0 Å². The van der Waals surface area contributed by atoms with Crippen LogP contribution >= 0.6 is 0 Å². The van der Waals surface area contributed by atoms with Gasteiger partial charge >= 0.3 is 0 Å². The van der Waals surface area contributed by atoms with Gasteiger partial charge in [-0.2, -0.15) is 0 Å². The molecule has 2 atom stereocenters. The number of hydrogen-bond acceptors (Lipinski definition) is 4. The molecule has 1 aliphatic heterocycles. The molecule has 0 radical (unpaired) electrons. The van der Waals surface area contributed by atoms with E-state index < -0.39 is 6.10 Å². The Morgan fingerprint density at radius 2 is 2.40 bits per heavy atom. The van der Waals surface area contributed by atoms with Crippen molar-refractivity contribution >= 4 is 0 Å². The van der Waals surface area contributed by atoms with Gasteiger partial charge in [0, 0.05) is 38.1 Å². The van der Waals surface area contributed by atoms with Gasteiger partial charge in [0.1, 0.15) is 0 Å². The van der Waals surface area contributed by atoms with E-state index in [1.165, 1.54) is 11.4 Å². The second-order valence-electron chi connectivity index (χ2n) is 5.48. The zero-order chi connectivity index (χ0) is 14.4. The van der Waals surface area contributed by atoms with Crippen LogP contribution in [-0.4, -0.2) is 48.2 Å². The molecule has 2 heterocycles. The van der Waals surface area contributed by atoms with Crippen LogP contribution in [0, 0.1) is 6.92 Å². The minimum atomic E-state index is -0.474. The van der Waals surface area contributed by atoms with E-state index in [0.29, 0.717) is 19.8 Å². The van der Waals surface area contributed by atoms with Crippen molar-refractivity contribution in [1.82, 2.24) is 9.88 Å². The number of hydrogen-bond donors (Lipinski definition) is 2. The van der Waals surface area contributed by atoms with Gasteiger partial charge in [-0.05, 0) is 31.9 Å². The molecule has 114 valence electrons. The molecule has 2 N–H and O–H groups in total. The smallest absolute Gasteiger partial charge is 0.0897 e. The van der Waals surface area contributed by atoms with Crippen molar-refractivity contribution in [2.45, 2.75) is 38.5 Å². The molecule has 0 bridgehead atoms. The summed E-state index contributed by atoms with van der Waals surface area (Å²) in [4.78, 5) is 0. The Hall–Kier alpha value is -0.880. The molecule has 0 unspecified atom stereocenters. The normalized spacial score (nSPS) is 20.4. The van der Waals surface area contributed by atoms with Gasteiger partial charge in [0.05, 0.1) is 25.4 Å². The number of aryl methyl sites for hydroxylation is 1.